The van der Waals surface area contributed by atoms with Crippen molar-refractivity contribution in [1.82, 2.24) is 0 Å². The third kappa shape index (κ3) is 3.03. The lowest BCUT2D eigenvalue weighted by Gasteiger charge is -2.24. The van der Waals surface area contributed by atoms with Crippen LogP contribution in [0.4, 0.5) is 5.69 Å². The van der Waals surface area contributed by atoms with Gasteiger partial charge in [-0.25, -0.2) is 0 Å². The van der Waals surface area contributed by atoms with Gasteiger partial charge in [-0.2, -0.15) is 0 Å². The second kappa shape index (κ2) is 6.02. The molecule has 110 valence electrons. The van der Waals surface area contributed by atoms with Crippen molar-refractivity contribution in [2.45, 2.75) is 33.1 Å². The van der Waals surface area contributed by atoms with E-state index in [0.29, 0.717) is 6.54 Å². The fraction of sp³-hybridized carbons (Fsp3) is 0.389. The van der Waals surface area contributed by atoms with E-state index in [9.17, 15) is 4.79 Å². The van der Waals surface area contributed by atoms with E-state index in [0.717, 1.165) is 29.8 Å². The highest BCUT2D eigenvalue weighted by Crippen LogP contribution is 2.27. The molecular weight excluding hydrogens is 278 g/mol. The van der Waals surface area contributed by atoms with Gasteiger partial charge in [0.2, 0.25) is 0 Å². The maximum absolute atomic E-state index is 12.6. The van der Waals surface area contributed by atoms with Gasteiger partial charge in [0.15, 0.2) is 5.78 Å². The molecule has 0 fully saturated rings. The van der Waals surface area contributed by atoms with Gasteiger partial charge in [0.1, 0.15) is 0 Å². The molecule has 21 heavy (non-hydrogen) atoms. The van der Waals surface area contributed by atoms with Gasteiger partial charge in [-0.3, -0.25) is 4.79 Å². The molecule has 1 aliphatic rings. The van der Waals surface area contributed by atoms with E-state index in [-0.39, 0.29) is 5.78 Å². The number of thiophene rings is 1. The number of fused-ring (bicyclic) bond motifs is 1. The zero-order valence-corrected chi connectivity index (χ0v) is 13.5. The minimum absolute atomic E-state index is 0.244. The van der Waals surface area contributed by atoms with Crippen LogP contribution in [0.5, 0.6) is 0 Å². The number of anilines is 1. The summed E-state index contributed by atoms with van der Waals surface area (Å²) in [6, 6.07) is 10.5. The summed E-state index contributed by atoms with van der Waals surface area (Å²) in [5.41, 5.74) is 3.52. The predicted molar refractivity (Wildman–Crippen MR) is 89.7 cm³/mol. The number of hydrogen-bond donors (Lipinski definition) is 0. The molecule has 0 bridgehead atoms. The standard InChI is InChI=1S/C18H21NOS/c1-13-11-16(14(2)21-13)18(20)12-19-10-6-5-8-15-7-3-4-9-17(15)19/h3-4,7,9,11H,5-6,8,10,12H2,1-2H3. The second-order valence-corrected chi connectivity index (χ2v) is 7.22. The third-order valence-corrected chi connectivity index (χ3v) is 5.10. The Labute approximate surface area is 130 Å². The number of carbonyl (C=O) groups excluding carboxylic acids is 1. The first-order valence-electron chi connectivity index (χ1n) is 7.58. The first kappa shape index (κ1) is 14.3. The van der Waals surface area contributed by atoms with E-state index < -0.39 is 0 Å². The fourth-order valence-electron chi connectivity index (χ4n) is 3.10. The average Bonchev–Trinajstić information content (AvgIpc) is 2.69. The molecule has 3 heteroatoms. The summed E-state index contributed by atoms with van der Waals surface area (Å²) in [6.07, 6.45) is 3.49. The van der Waals surface area contributed by atoms with Crippen LogP contribution in [0.2, 0.25) is 0 Å². The van der Waals surface area contributed by atoms with Crippen LogP contribution in [0.25, 0.3) is 0 Å². The molecule has 2 aromatic rings. The Hall–Kier alpha value is -1.61. The molecule has 0 amide bonds. The first-order valence-corrected chi connectivity index (χ1v) is 8.40. The number of benzene rings is 1. The van der Waals surface area contributed by atoms with Crippen LogP contribution in [-0.4, -0.2) is 18.9 Å². The van der Waals surface area contributed by atoms with Crippen molar-refractivity contribution >= 4 is 22.8 Å². The molecule has 2 nitrogen and oxygen atoms in total. The topological polar surface area (TPSA) is 20.3 Å². The van der Waals surface area contributed by atoms with Crippen molar-refractivity contribution in [2.75, 3.05) is 18.0 Å². The number of ketones is 1. The van der Waals surface area contributed by atoms with Crippen LogP contribution >= 0.6 is 11.3 Å². The van der Waals surface area contributed by atoms with Gasteiger partial charge >= 0.3 is 0 Å². The Balaban J connectivity index is 1.84. The summed E-state index contributed by atoms with van der Waals surface area (Å²) in [5, 5.41) is 0. The molecule has 0 radical (unpaired) electrons. The van der Waals surface area contributed by atoms with Crippen molar-refractivity contribution in [3.63, 3.8) is 0 Å². The summed E-state index contributed by atoms with van der Waals surface area (Å²) < 4.78 is 0. The average molecular weight is 299 g/mol. The van der Waals surface area contributed by atoms with E-state index >= 15 is 0 Å². The summed E-state index contributed by atoms with van der Waals surface area (Å²) in [4.78, 5) is 17.2. The zero-order valence-electron chi connectivity index (χ0n) is 12.7. The molecule has 2 heterocycles. The van der Waals surface area contributed by atoms with Crippen LogP contribution < -0.4 is 4.90 Å². The van der Waals surface area contributed by atoms with Crippen molar-refractivity contribution < 1.29 is 4.79 Å². The number of nitrogens with zero attached hydrogens (tertiary/aromatic N) is 1. The fourth-order valence-corrected chi connectivity index (χ4v) is 4.04. The first-order chi connectivity index (χ1) is 10.1. The molecular formula is C18H21NOS. The van der Waals surface area contributed by atoms with Crippen LogP contribution in [0.1, 0.15) is 38.5 Å². The van der Waals surface area contributed by atoms with Gasteiger partial charge in [0, 0.05) is 27.5 Å². The highest BCUT2D eigenvalue weighted by atomic mass is 32.1. The molecule has 1 aromatic heterocycles. The summed E-state index contributed by atoms with van der Waals surface area (Å²) in [6.45, 7) is 5.58. The van der Waals surface area contributed by atoms with Gasteiger partial charge in [-0.1, -0.05) is 18.2 Å². The van der Waals surface area contributed by atoms with Gasteiger partial charge in [0.05, 0.1) is 6.54 Å². The molecule has 0 saturated heterocycles. The number of Topliss-reactive ketones (excluding diaryl/α,β-unsaturated/α-hetero) is 1. The number of carbonyl (C=O) groups is 1. The van der Waals surface area contributed by atoms with Gasteiger partial charge < -0.3 is 4.90 Å². The monoisotopic (exact) mass is 299 g/mol. The molecule has 0 N–H and O–H groups in total. The van der Waals surface area contributed by atoms with Gasteiger partial charge in [-0.15, -0.1) is 11.3 Å². The summed E-state index contributed by atoms with van der Waals surface area (Å²) in [5.74, 6) is 0.244. The highest BCUT2D eigenvalue weighted by Gasteiger charge is 2.19. The molecule has 0 saturated carbocycles. The van der Waals surface area contributed by atoms with Crippen molar-refractivity contribution in [3.05, 3.63) is 51.2 Å². The Morgan fingerprint density at radius 1 is 1.24 bits per heavy atom. The molecule has 0 atom stereocenters. The Morgan fingerprint density at radius 2 is 2.05 bits per heavy atom. The lowest BCUT2D eigenvalue weighted by atomic mass is 10.1. The number of hydrogen-bond acceptors (Lipinski definition) is 3. The van der Waals surface area contributed by atoms with Crippen LogP contribution in [0, 0.1) is 13.8 Å². The Morgan fingerprint density at radius 3 is 2.81 bits per heavy atom. The zero-order chi connectivity index (χ0) is 14.8. The summed E-state index contributed by atoms with van der Waals surface area (Å²) in [7, 11) is 0. The minimum atomic E-state index is 0.244. The lowest BCUT2D eigenvalue weighted by molar-refractivity contribution is 0.0999. The van der Waals surface area contributed by atoms with Gasteiger partial charge in [0.25, 0.3) is 0 Å². The minimum Gasteiger partial charge on any atom is -0.364 e. The van der Waals surface area contributed by atoms with E-state index in [1.807, 2.05) is 13.0 Å². The van der Waals surface area contributed by atoms with E-state index in [2.05, 4.69) is 36.1 Å². The molecule has 1 aliphatic heterocycles. The molecule has 0 unspecified atom stereocenters. The van der Waals surface area contributed by atoms with Crippen molar-refractivity contribution in [3.8, 4) is 0 Å². The molecule has 0 spiro atoms. The number of aryl methyl sites for hydroxylation is 3. The number of para-hydroxylation sites is 1. The van der Waals surface area contributed by atoms with E-state index in [4.69, 9.17) is 0 Å². The predicted octanol–water partition coefficient (Wildman–Crippen LogP) is 4.39. The lowest BCUT2D eigenvalue weighted by Crippen LogP contribution is -2.30. The quantitative estimate of drug-likeness (QED) is 0.783. The molecule has 0 aliphatic carbocycles. The van der Waals surface area contributed by atoms with Crippen molar-refractivity contribution in [1.29, 1.82) is 0 Å². The Bertz CT molecular complexity index is 659. The van der Waals surface area contributed by atoms with Crippen LogP contribution in [0.3, 0.4) is 0 Å². The van der Waals surface area contributed by atoms with E-state index in [1.54, 1.807) is 11.3 Å². The van der Waals surface area contributed by atoms with Gasteiger partial charge in [-0.05, 0) is 50.8 Å². The maximum atomic E-state index is 12.6. The SMILES string of the molecule is Cc1cc(C(=O)CN2CCCCc3ccccc32)c(C)s1. The molecule has 1 aromatic carbocycles. The third-order valence-electron chi connectivity index (χ3n) is 4.13. The van der Waals surface area contributed by atoms with Crippen LogP contribution in [0.15, 0.2) is 30.3 Å². The maximum Gasteiger partial charge on any atom is 0.183 e. The number of rotatable bonds is 3. The Kier molecular flexibility index (Phi) is 4.11. The largest absolute Gasteiger partial charge is 0.364 e. The van der Waals surface area contributed by atoms with Crippen LogP contribution in [-0.2, 0) is 6.42 Å². The van der Waals surface area contributed by atoms with E-state index in [1.165, 1.54) is 22.5 Å². The second-order valence-electron chi connectivity index (χ2n) is 5.76. The molecule has 3 rings (SSSR count). The highest BCUT2D eigenvalue weighted by molar-refractivity contribution is 7.12. The smallest absolute Gasteiger partial charge is 0.183 e. The summed E-state index contributed by atoms with van der Waals surface area (Å²) >= 11 is 1.71. The van der Waals surface area contributed by atoms with Crippen molar-refractivity contribution in [2.24, 2.45) is 0 Å². The normalized spacial score (nSPS) is 14.7.